The Kier molecular flexibility index (Phi) is 3.29. The first-order valence-corrected chi connectivity index (χ1v) is 8.22. The molecule has 1 amide bonds. The van der Waals surface area contributed by atoms with Crippen LogP contribution < -0.4 is 14.8 Å². The Morgan fingerprint density at radius 3 is 2.85 bits per heavy atom. The van der Waals surface area contributed by atoms with E-state index in [-0.39, 0.29) is 24.2 Å². The molecule has 3 rings (SSSR count). The molecule has 7 heteroatoms. The van der Waals surface area contributed by atoms with E-state index < -0.39 is 15.8 Å². The molecule has 0 aromatic heterocycles. The monoisotopic (exact) mass is 297 g/mol. The summed E-state index contributed by atoms with van der Waals surface area (Å²) in [5.74, 6) is 0.801. The number of fused-ring (bicyclic) bond motifs is 1. The van der Waals surface area contributed by atoms with Gasteiger partial charge in [0.15, 0.2) is 21.3 Å². The number of hydrogen-bond donors (Lipinski definition) is 1. The van der Waals surface area contributed by atoms with Crippen LogP contribution in [0.15, 0.2) is 18.2 Å². The minimum absolute atomic E-state index is 0.0417. The Balaban J connectivity index is 1.58. The zero-order valence-electron chi connectivity index (χ0n) is 10.8. The molecule has 20 heavy (non-hydrogen) atoms. The Bertz CT molecular complexity index is 640. The van der Waals surface area contributed by atoms with Crippen LogP contribution in [0.1, 0.15) is 12.0 Å². The van der Waals surface area contributed by atoms with E-state index in [2.05, 4.69) is 5.32 Å². The minimum atomic E-state index is -3.03. The summed E-state index contributed by atoms with van der Waals surface area (Å²) >= 11 is 0. The van der Waals surface area contributed by atoms with E-state index in [1.807, 2.05) is 12.1 Å². The van der Waals surface area contributed by atoms with Gasteiger partial charge >= 0.3 is 0 Å². The van der Waals surface area contributed by atoms with Crippen molar-refractivity contribution in [3.63, 3.8) is 0 Å². The van der Waals surface area contributed by atoms with E-state index in [1.54, 1.807) is 6.07 Å². The summed E-state index contributed by atoms with van der Waals surface area (Å²) in [6, 6.07) is 5.46. The van der Waals surface area contributed by atoms with Gasteiger partial charge in [0.25, 0.3) is 0 Å². The van der Waals surface area contributed by atoms with Gasteiger partial charge in [0.1, 0.15) is 0 Å². The number of carbonyl (C=O) groups excluding carboxylic acids is 1. The van der Waals surface area contributed by atoms with Crippen molar-refractivity contribution in [3.8, 4) is 11.5 Å². The SMILES string of the molecule is O=C(NCc1ccc2c(c1)OCO2)C1CCS(=O)(=O)C1. The predicted molar refractivity (Wildman–Crippen MR) is 71.2 cm³/mol. The van der Waals surface area contributed by atoms with Crippen LogP contribution in [0.5, 0.6) is 11.5 Å². The van der Waals surface area contributed by atoms with Gasteiger partial charge in [-0.2, -0.15) is 0 Å². The highest BCUT2D eigenvalue weighted by atomic mass is 32.2. The van der Waals surface area contributed by atoms with Crippen molar-refractivity contribution in [3.05, 3.63) is 23.8 Å². The maximum atomic E-state index is 11.9. The number of nitrogens with one attached hydrogen (secondary N) is 1. The van der Waals surface area contributed by atoms with Crippen molar-refractivity contribution < 1.29 is 22.7 Å². The molecule has 1 aromatic carbocycles. The van der Waals surface area contributed by atoms with E-state index in [4.69, 9.17) is 9.47 Å². The lowest BCUT2D eigenvalue weighted by molar-refractivity contribution is -0.124. The lowest BCUT2D eigenvalue weighted by Crippen LogP contribution is -2.30. The standard InChI is InChI=1S/C13H15NO5S/c15-13(10-3-4-20(16,17)7-10)14-6-9-1-2-11-12(5-9)19-8-18-11/h1-2,5,10H,3-4,6-8H2,(H,14,15). The Morgan fingerprint density at radius 2 is 2.10 bits per heavy atom. The molecular formula is C13H15NO5S. The summed E-state index contributed by atoms with van der Waals surface area (Å²) in [7, 11) is -3.03. The fourth-order valence-electron chi connectivity index (χ4n) is 2.39. The normalized spacial score (nSPS) is 22.7. The Hall–Kier alpha value is -1.76. The quantitative estimate of drug-likeness (QED) is 0.877. The highest BCUT2D eigenvalue weighted by molar-refractivity contribution is 7.91. The predicted octanol–water partition coefficient (Wildman–Crippen LogP) is 0.466. The Morgan fingerprint density at radius 1 is 1.30 bits per heavy atom. The third kappa shape index (κ3) is 2.72. The highest BCUT2D eigenvalue weighted by Crippen LogP contribution is 2.32. The van der Waals surface area contributed by atoms with Crippen LogP contribution in [0.25, 0.3) is 0 Å². The second kappa shape index (κ2) is 4.97. The summed E-state index contributed by atoms with van der Waals surface area (Å²) in [6.45, 7) is 0.567. The van der Waals surface area contributed by atoms with Gasteiger partial charge in [0.2, 0.25) is 12.7 Å². The van der Waals surface area contributed by atoms with Gasteiger partial charge in [0.05, 0.1) is 17.4 Å². The third-order valence-corrected chi connectivity index (χ3v) is 5.27. The number of benzene rings is 1. The summed E-state index contributed by atoms with van der Waals surface area (Å²) in [5.41, 5.74) is 0.892. The summed E-state index contributed by atoms with van der Waals surface area (Å²) in [5, 5.41) is 2.77. The van der Waals surface area contributed by atoms with Gasteiger partial charge in [-0.15, -0.1) is 0 Å². The first-order valence-electron chi connectivity index (χ1n) is 6.40. The van der Waals surface area contributed by atoms with Crippen LogP contribution in [0.3, 0.4) is 0 Å². The van der Waals surface area contributed by atoms with Gasteiger partial charge in [-0.1, -0.05) is 6.07 Å². The third-order valence-electron chi connectivity index (χ3n) is 3.51. The van der Waals surface area contributed by atoms with E-state index >= 15 is 0 Å². The number of hydrogen-bond acceptors (Lipinski definition) is 5. The molecule has 1 saturated heterocycles. The van der Waals surface area contributed by atoms with Crippen molar-refractivity contribution >= 4 is 15.7 Å². The van der Waals surface area contributed by atoms with E-state index in [0.29, 0.717) is 24.5 Å². The summed E-state index contributed by atoms with van der Waals surface area (Å²) < 4.78 is 33.1. The molecule has 1 atom stereocenters. The number of ether oxygens (including phenoxy) is 2. The average molecular weight is 297 g/mol. The second-order valence-corrected chi connectivity index (χ2v) is 7.23. The average Bonchev–Trinajstić information content (AvgIpc) is 3.01. The molecule has 0 aliphatic carbocycles. The van der Waals surface area contributed by atoms with Crippen LogP contribution in [0.2, 0.25) is 0 Å². The molecule has 0 bridgehead atoms. The van der Waals surface area contributed by atoms with Crippen LogP contribution in [-0.4, -0.2) is 32.6 Å². The van der Waals surface area contributed by atoms with E-state index in [9.17, 15) is 13.2 Å². The zero-order valence-corrected chi connectivity index (χ0v) is 11.6. The van der Waals surface area contributed by atoms with Crippen molar-refractivity contribution in [1.82, 2.24) is 5.32 Å². The highest BCUT2D eigenvalue weighted by Gasteiger charge is 2.32. The fraction of sp³-hybridized carbons (Fsp3) is 0.462. The van der Waals surface area contributed by atoms with Crippen LogP contribution >= 0.6 is 0 Å². The first-order chi connectivity index (χ1) is 9.53. The molecular weight excluding hydrogens is 282 g/mol. The zero-order chi connectivity index (χ0) is 14.2. The molecule has 1 N–H and O–H groups in total. The molecule has 1 aromatic rings. The molecule has 1 unspecified atom stereocenters. The molecule has 1 fully saturated rings. The molecule has 2 aliphatic rings. The van der Waals surface area contributed by atoms with Crippen LogP contribution in [0.4, 0.5) is 0 Å². The summed E-state index contributed by atoms with van der Waals surface area (Å²) in [4.78, 5) is 11.9. The number of sulfone groups is 1. The number of rotatable bonds is 3. The molecule has 0 spiro atoms. The van der Waals surface area contributed by atoms with E-state index in [1.165, 1.54) is 0 Å². The molecule has 0 saturated carbocycles. The molecule has 108 valence electrons. The largest absolute Gasteiger partial charge is 0.454 e. The lowest BCUT2D eigenvalue weighted by atomic mass is 10.1. The van der Waals surface area contributed by atoms with Crippen LogP contribution in [-0.2, 0) is 21.2 Å². The van der Waals surface area contributed by atoms with Gasteiger partial charge in [-0.25, -0.2) is 8.42 Å². The first kappa shape index (κ1) is 13.2. The molecule has 6 nitrogen and oxygen atoms in total. The van der Waals surface area contributed by atoms with Gasteiger partial charge in [-0.05, 0) is 24.1 Å². The number of carbonyl (C=O) groups is 1. The van der Waals surface area contributed by atoms with Crippen LogP contribution in [0, 0.1) is 5.92 Å². The summed E-state index contributed by atoms with van der Waals surface area (Å²) in [6.07, 6.45) is 0.412. The maximum Gasteiger partial charge on any atom is 0.231 e. The van der Waals surface area contributed by atoms with Gasteiger partial charge in [0, 0.05) is 6.54 Å². The maximum absolute atomic E-state index is 11.9. The van der Waals surface area contributed by atoms with Crippen molar-refractivity contribution in [1.29, 1.82) is 0 Å². The van der Waals surface area contributed by atoms with E-state index in [0.717, 1.165) is 5.56 Å². The van der Waals surface area contributed by atoms with Crippen molar-refractivity contribution in [2.24, 2.45) is 5.92 Å². The molecule has 2 aliphatic heterocycles. The Labute approximate surface area is 117 Å². The molecule has 2 heterocycles. The van der Waals surface area contributed by atoms with Crippen molar-refractivity contribution in [2.45, 2.75) is 13.0 Å². The fourth-order valence-corrected chi connectivity index (χ4v) is 4.13. The lowest BCUT2D eigenvalue weighted by Gasteiger charge is -2.09. The number of amides is 1. The second-order valence-electron chi connectivity index (χ2n) is 5.01. The molecule has 0 radical (unpaired) electrons. The van der Waals surface area contributed by atoms with Gasteiger partial charge in [-0.3, -0.25) is 4.79 Å². The topological polar surface area (TPSA) is 81.7 Å². The van der Waals surface area contributed by atoms with Crippen molar-refractivity contribution in [2.75, 3.05) is 18.3 Å². The van der Waals surface area contributed by atoms with Gasteiger partial charge < -0.3 is 14.8 Å². The smallest absolute Gasteiger partial charge is 0.231 e. The minimum Gasteiger partial charge on any atom is -0.454 e.